The van der Waals surface area contributed by atoms with Crippen molar-refractivity contribution in [2.45, 2.75) is 4.90 Å². The number of amides is 1. The summed E-state index contributed by atoms with van der Waals surface area (Å²) in [7, 11) is -4.54. The second kappa shape index (κ2) is 10.7. The van der Waals surface area contributed by atoms with Crippen LogP contribution < -0.4 is 9.73 Å². The number of hydrazone groups is 1. The first kappa shape index (κ1) is 25.3. The zero-order valence-corrected chi connectivity index (χ0v) is 19.2. The van der Waals surface area contributed by atoms with Crippen LogP contribution in [0.5, 0.6) is 0 Å². The maximum Gasteiger partial charge on any atom is 0.289 e. The molecule has 1 N–H and O–H groups in total. The van der Waals surface area contributed by atoms with E-state index in [4.69, 9.17) is 11.6 Å². The Morgan fingerprint density at radius 3 is 2.31 bits per heavy atom. The second-order valence-corrected chi connectivity index (χ2v) is 9.07. The third-order valence-corrected chi connectivity index (χ3v) is 6.71. The molecule has 3 rings (SSSR count). The molecule has 0 radical (unpaired) electrons. The molecule has 1 amide bonds. The van der Waals surface area contributed by atoms with Gasteiger partial charge in [0.1, 0.15) is 6.54 Å². The highest BCUT2D eigenvalue weighted by Crippen LogP contribution is 2.29. The molecule has 0 saturated heterocycles. The van der Waals surface area contributed by atoms with Crippen LogP contribution in [0.4, 0.5) is 17.1 Å². The number of para-hydroxylation sites is 2. The molecule has 0 aliphatic rings. The van der Waals surface area contributed by atoms with Crippen molar-refractivity contribution < 1.29 is 23.1 Å². The monoisotopic (exact) mass is 517 g/mol. The Morgan fingerprint density at radius 1 is 1.00 bits per heavy atom. The Bertz CT molecular complexity index is 1410. The quantitative estimate of drug-likeness (QED) is 0.257. The molecule has 0 heterocycles. The molecule has 0 spiro atoms. The second-order valence-electron chi connectivity index (χ2n) is 6.83. The molecule has 3 aromatic rings. The molecule has 14 heteroatoms. The van der Waals surface area contributed by atoms with E-state index in [0.29, 0.717) is 4.31 Å². The fourth-order valence-corrected chi connectivity index (χ4v) is 4.69. The molecule has 35 heavy (non-hydrogen) atoms. The van der Waals surface area contributed by atoms with Crippen molar-refractivity contribution in [2.24, 2.45) is 5.10 Å². The van der Waals surface area contributed by atoms with Crippen LogP contribution in [0, 0.1) is 20.2 Å². The lowest BCUT2D eigenvalue weighted by atomic mass is 10.2. The van der Waals surface area contributed by atoms with Gasteiger partial charge in [-0.1, -0.05) is 41.9 Å². The van der Waals surface area contributed by atoms with Crippen LogP contribution in [0.25, 0.3) is 0 Å². The van der Waals surface area contributed by atoms with E-state index in [9.17, 15) is 33.4 Å². The predicted octanol–water partition coefficient (Wildman–Crippen LogP) is 3.50. The number of hydrogen-bond donors (Lipinski definition) is 1. The first-order valence-electron chi connectivity index (χ1n) is 9.68. The van der Waals surface area contributed by atoms with Gasteiger partial charge in [0.25, 0.3) is 27.3 Å². The molecule has 0 aromatic heterocycles. The molecular formula is C21H16ClN5O7S. The number of carbonyl (C=O) groups is 1. The largest absolute Gasteiger partial charge is 0.289 e. The first-order chi connectivity index (χ1) is 16.6. The Hall–Kier alpha value is -4.36. The topological polar surface area (TPSA) is 165 Å². The smallest absolute Gasteiger partial charge is 0.271 e. The number of rotatable bonds is 9. The number of anilines is 1. The highest BCUT2D eigenvalue weighted by molar-refractivity contribution is 7.93. The van der Waals surface area contributed by atoms with Crippen molar-refractivity contribution in [3.05, 3.63) is 104 Å². The van der Waals surface area contributed by atoms with Gasteiger partial charge in [-0.05, 0) is 24.3 Å². The van der Waals surface area contributed by atoms with E-state index in [1.54, 1.807) is 6.07 Å². The molecule has 12 nitrogen and oxygen atoms in total. The summed E-state index contributed by atoms with van der Waals surface area (Å²) in [6, 6.07) is 16.0. The van der Waals surface area contributed by atoms with E-state index in [1.165, 1.54) is 48.5 Å². The summed E-state index contributed by atoms with van der Waals surface area (Å²) in [5, 5.41) is 26.1. The number of nitrogens with one attached hydrogen (secondary N) is 1. The normalized spacial score (nSPS) is 11.2. The van der Waals surface area contributed by atoms with E-state index in [0.717, 1.165) is 24.4 Å². The third kappa shape index (κ3) is 5.96. The van der Waals surface area contributed by atoms with E-state index < -0.39 is 42.9 Å². The van der Waals surface area contributed by atoms with Gasteiger partial charge in [-0.25, -0.2) is 13.8 Å². The van der Waals surface area contributed by atoms with Gasteiger partial charge in [0.2, 0.25) is 0 Å². The summed E-state index contributed by atoms with van der Waals surface area (Å²) >= 11 is 5.98. The van der Waals surface area contributed by atoms with Crippen molar-refractivity contribution in [3.63, 3.8) is 0 Å². The third-order valence-electron chi connectivity index (χ3n) is 4.54. The minimum atomic E-state index is -4.54. The van der Waals surface area contributed by atoms with Crippen molar-refractivity contribution in [1.29, 1.82) is 0 Å². The number of halogens is 1. The average molecular weight is 518 g/mol. The van der Waals surface area contributed by atoms with Crippen molar-refractivity contribution >= 4 is 50.8 Å². The molecule has 0 bridgehead atoms. The van der Waals surface area contributed by atoms with Crippen LogP contribution in [0.3, 0.4) is 0 Å². The van der Waals surface area contributed by atoms with Gasteiger partial charge < -0.3 is 0 Å². The van der Waals surface area contributed by atoms with Crippen LogP contribution in [0.15, 0.2) is 82.8 Å². The molecule has 0 fully saturated rings. The maximum atomic E-state index is 13.4. The highest BCUT2D eigenvalue weighted by atomic mass is 35.5. The lowest BCUT2D eigenvalue weighted by Crippen LogP contribution is -2.39. The number of benzene rings is 3. The fourth-order valence-electron chi connectivity index (χ4n) is 2.94. The van der Waals surface area contributed by atoms with Crippen LogP contribution in [0.1, 0.15) is 5.56 Å². The van der Waals surface area contributed by atoms with Gasteiger partial charge in [-0.3, -0.25) is 29.3 Å². The number of hydrogen-bond acceptors (Lipinski definition) is 8. The van der Waals surface area contributed by atoms with Crippen LogP contribution in [0.2, 0.25) is 5.02 Å². The summed E-state index contributed by atoms with van der Waals surface area (Å²) in [5.74, 6) is -0.881. The molecule has 0 unspecified atom stereocenters. The van der Waals surface area contributed by atoms with E-state index in [1.807, 2.05) is 0 Å². The Morgan fingerprint density at radius 2 is 1.66 bits per heavy atom. The number of nitro benzene ring substituents is 2. The summed E-state index contributed by atoms with van der Waals surface area (Å²) in [6.07, 6.45) is 1.07. The summed E-state index contributed by atoms with van der Waals surface area (Å²) in [6.45, 7) is -0.765. The van der Waals surface area contributed by atoms with Crippen molar-refractivity contribution in [3.8, 4) is 0 Å². The Balaban J connectivity index is 1.89. The van der Waals surface area contributed by atoms with Crippen LogP contribution in [-0.4, -0.2) is 36.9 Å². The number of nitrogens with zero attached hydrogens (tertiary/aromatic N) is 4. The summed E-state index contributed by atoms with van der Waals surface area (Å²) < 4.78 is 27.4. The van der Waals surface area contributed by atoms with Gasteiger partial charge in [0.05, 0.1) is 21.7 Å². The first-order valence-corrected chi connectivity index (χ1v) is 11.5. The van der Waals surface area contributed by atoms with Crippen LogP contribution in [-0.2, 0) is 14.8 Å². The van der Waals surface area contributed by atoms with Crippen molar-refractivity contribution in [2.75, 3.05) is 10.8 Å². The SMILES string of the molecule is O=C(CN(c1ccccc1)S(=O)(=O)c1ccccc1[N+](=O)[O-])NN=Cc1cc([N+](=O)[O-])ccc1Cl. The molecule has 3 aromatic carbocycles. The van der Waals surface area contributed by atoms with Gasteiger partial charge in [0.15, 0.2) is 4.90 Å². The summed E-state index contributed by atoms with van der Waals surface area (Å²) in [5.41, 5.74) is 1.48. The Labute approximate surface area is 203 Å². The lowest BCUT2D eigenvalue weighted by Gasteiger charge is -2.23. The zero-order valence-electron chi connectivity index (χ0n) is 17.6. The molecule has 0 aliphatic carbocycles. The molecule has 0 saturated carbocycles. The fraction of sp³-hybridized carbons (Fsp3) is 0.0476. The van der Waals surface area contributed by atoms with Gasteiger partial charge in [-0.15, -0.1) is 0 Å². The van der Waals surface area contributed by atoms with Gasteiger partial charge in [0, 0.05) is 28.8 Å². The Kier molecular flexibility index (Phi) is 7.73. The number of nitro groups is 2. The summed E-state index contributed by atoms with van der Waals surface area (Å²) in [4.78, 5) is 32.8. The van der Waals surface area contributed by atoms with Gasteiger partial charge >= 0.3 is 0 Å². The predicted molar refractivity (Wildman–Crippen MR) is 128 cm³/mol. The minimum absolute atomic E-state index is 0.0894. The zero-order chi connectivity index (χ0) is 25.6. The molecule has 0 aliphatic heterocycles. The maximum absolute atomic E-state index is 13.4. The number of non-ortho nitro benzene ring substituents is 1. The molecule has 180 valence electrons. The van der Waals surface area contributed by atoms with Crippen LogP contribution >= 0.6 is 11.6 Å². The average Bonchev–Trinajstić information content (AvgIpc) is 2.84. The number of sulfonamides is 1. The lowest BCUT2D eigenvalue weighted by molar-refractivity contribution is -0.387. The highest BCUT2D eigenvalue weighted by Gasteiger charge is 2.33. The van der Waals surface area contributed by atoms with E-state index in [-0.39, 0.29) is 22.0 Å². The number of carbonyl (C=O) groups excluding carboxylic acids is 1. The van der Waals surface area contributed by atoms with Crippen molar-refractivity contribution in [1.82, 2.24) is 5.43 Å². The van der Waals surface area contributed by atoms with E-state index >= 15 is 0 Å². The van der Waals surface area contributed by atoms with E-state index in [2.05, 4.69) is 10.5 Å². The van der Waals surface area contributed by atoms with Gasteiger partial charge in [-0.2, -0.15) is 5.10 Å². The molecular weight excluding hydrogens is 502 g/mol. The molecule has 0 atom stereocenters. The standard InChI is InChI=1S/C21H16ClN5O7S/c22-18-11-10-17(26(29)30)12-15(18)13-23-24-21(28)14-25(16-6-2-1-3-7-16)35(33,34)20-9-5-4-8-19(20)27(31)32/h1-13H,14H2,(H,24,28). The minimum Gasteiger partial charge on any atom is -0.271 e.